The average Bonchev–Trinajstić information content (AvgIpc) is 3.28. The van der Waals surface area contributed by atoms with Crippen LogP contribution >= 0.6 is 22.9 Å². The van der Waals surface area contributed by atoms with Gasteiger partial charge in [0, 0.05) is 11.7 Å². The first kappa shape index (κ1) is 21.0. The molecule has 0 unspecified atom stereocenters. The smallest absolute Gasteiger partial charge is 0.313 e. The van der Waals surface area contributed by atoms with E-state index in [9.17, 15) is 22.8 Å². The Labute approximate surface area is 180 Å². The number of sulfonamides is 1. The SMILES string of the molecule is CC1(N([B]C=O)S(=O)(=O)c2cc3c(=O)n(Cc4ccc(Cl)nc4)c(=O)[nH]c3s2)CC1. The maximum atomic E-state index is 13.1. The molecule has 3 aromatic rings. The summed E-state index contributed by atoms with van der Waals surface area (Å²) in [4.78, 5) is 43.0. The summed E-state index contributed by atoms with van der Waals surface area (Å²) in [7, 11) is -3.07. The highest BCUT2D eigenvalue weighted by atomic mass is 35.5. The molecule has 1 aliphatic rings. The number of aromatic amines is 1. The summed E-state index contributed by atoms with van der Waals surface area (Å²) in [5.74, 6) is 0. The molecule has 1 aliphatic carbocycles. The fraction of sp³-hybridized carbons (Fsp3) is 0.294. The van der Waals surface area contributed by atoms with E-state index in [-0.39, 0.29) is 26.1 Å². The molecule has 0 atom stereocenters. The summed E-state index contributed by atoms with van der Waals surface area (Å²) in [5, 5.41) is 0.358. The maximum Gasteiger partial charge on any atom is 0.329 e. The van der Waals surface area contributed by atoms with Crippen molar-refractivity contribution in [2.45, 2.75) is 36.1 Å². The number of nitrogens with zero attached hydrogens (tertiary/aromatic N) is 3. The number of thiophene rings is 1. The molecule has 0 saturated heterocycles. The van der Waals surface area contributed by atoms with Crippen LogP contribution in [0.3, 0.4) is 0 Å². The van der Waals surface area contributed by atoms with Crippen LogP contribution in [0.15, 0.2) is 38.2 Å². The van der Waals surface area contributed by atoms with Crippen molar-refractivity contribution in [1.82, 2.24) is 18.8 Å². The predicted octanol–water partition coefficient (Wildman–Crippen LogP) is 1.20. The van der Waals surface area contributed by atoms with Gasteiger partial charge in [0.25, 0.3) is 5.56 Å². The van der Waals surface area contributed by atoms with E-state index in [1.54, 1.807) is 19.1 Å². The van der Waals surface area contributed by atoms with Crippen molar-refractivity contribution in [2.24, 2.45) is 0 Å². The van der Waals surface area contributed by atoms with E-state index in [0.29, 0.717) is 24.6 Å². The Bertz CT molecular complexity index is 1360. The molecular formula is C17H15BClN4O5S2. The van der Waals surface area contributed by atoms with Gasteiger partial charge in [0.15, 0.2) is 0 Å². The van der Waals surface area contributed by atoms with Gasteiger partial charge in [0.2, 0.25) is 10.0 Å². The highest BCUT2D eigenvalue weighted by molar-refractivity contribution is 7.92. The molecule has 0 amide bonds. The zero-order valence-electron chi connectivity index (χ0n) is 15.7. The van der Waals surface area contributed by atoms with Gasteiger partial charge in [-0.2, -0.15) is 0 Å². The highest BCUT2D eigenvalue weighted by Gasteiger charge is 2.49. The largest absolute Gasteiger partial charge is 0.329 e. The fourth-order valence-electron chi connectivity index (χ4n) is 3.08. The van der Waals surface area contributed by atoms with Crippen molar-refractivity contribution in [3.8, 4) is 0 Å². The Balaban J connectivity index is 1.79. The Morgan fingerprint density at radius 1 is 1.40 bits per heavy atom. The Morgan fingerprint density at radius 2 is 2.13 bits per heavy atom. The van der Waals surface area contributed by atoms with Gasteiger partial charge < -0.3 is 4.79 Å². The first-order valence-electron chi connectivity index (χ1n) is 8.86. The van der Waals surface area contributed by atoms with Crippen LogP contribution in [0.4, 0.5) is 0 Å². The minimum atomic E-state index is -4.06. The fourth-order valence-corrected chi connectivity index (χ4v) is 6.31. The second-order valence-electron chi connectivity index (χ2n) is 7.20. The van der Waals surface area contributed by atoms with E-state index in [4.69, 9.17) is 11.6 Å². The van der Waals surface area contributed by atoms with Gasteiger partial charge in [-0.1, -0.05) is 17.7 Å². The van der Waals surface area contributed by atoms with Crippen molar-refractivity contribution in [2.75, 3.05) is 0 Å². The number of fused-ring (bicyclic) bond motifs is 1. The molecule has 1 radical (unpaired) electrons. The van der Waals surface area contributed by atoms with Crippen LogP contribution in [-0.2, 0) is 21.4 Å². The number of nitrogens with one attached hydrogen (secondary N) is 1. The van der Waals surface area contributed by atoms with Crippen molar-refractivity contribution in [3.05, 3.63) is 56.0 Å². The molecule has 1 saturated carbocycles. The molecule has 3 aromatic heterocycles. The number of hydrogen-bond acceptors (Lipinski definition) is 7. The third kappa shape index (κ3) is 3.64. The number of carbonyl (C=O) groups is 1. The van der Waals surface area contributed by atoms with Crippen LogP contribution in [0.1, 0.15) is 25.3 Å². The number of pyridine rings is 1. The van der Waals surface area contributed by atoms with E-state index in [0.717, 1.165) is 27.5 Å². The molecule has 0 aromatic carbocycles. The molecule has 155 valence electrons. The first-order valence-corrected chi connectivity index (χ1v) is 11.5. The molecule has 1 N–H and O–H groups in total. The zero-order valence-corrected chi connectivity index (χ0v) is 18.1. The summed E-state index contributed by atoms with van der Waals surface area (Å²) in [6, 6.07) is 4.42. The summed E-state index contributed by atoms with van der Waals surface area (Å²) in [6.07, 6.45) is 3.12. The third-order valence-corrected chi connectivity index (χ3v) is 8.65. The number of hydrogen-bond donors (Lipinski definition) is 1. The van der Waals surface area contributed by atoms with Gasteiger partial charge in [-0.3, -0.25) is 14.3 Å². The lowest BCUT2D eigenvalue weighted by molar-refractivity contribution is 0.454. The van der Waals surface area contributed by atoms with Crippen LogP contribution in [0.5, 0.6) is 0 Å². The average molecular weight is 466 g/mol. The Hall–Kier alpha value is -2.28. The molecule has 13 heteroatoms. The molecule has 0 aliphatic heterocycles. The van der Waals surface area contributed by atoms with Gasteiger partial charge in [0.1, 0.15) is 14.2 Å². The van der Waals surface area contributed by atoms with Crippen molar-refractivity contribution in [1.29, 1.82) is 0 Å². The number of carbonyl (C=O) groups excluding carboxylic acids is 1. The van der Waals surface area contributed by atoms with E-state index >= 15 is 0 Å². The van der Waals surface area contributed by atoms with Crippen molar-refractivity contribution < 1.29 is 13.2 Å². The van der Waals surface area contributed by atoms with Crippen LogP contribution in [0, 0.1) is 0 Å². The first-order chi connectivity index (χ1) is 14.2. The van der Waals surface area contributed by atoms with Crippen molar-refractivity contribution >= 4 is 56.8 Å². The lowest BCUT2D eigenvalue weighted by Gasteiger charge is -2.25. The molecule has 9 nitrogen and oxygen atoms in total. The number of H-pyrrole nitrogens is 1. The maximum absolute atomic E-state index is 13.1. The highest BCUT2D eigenvalue weighted by Crippen LogP contribution is 2.44. The molecular weight excluding hydrogens is 451 g/mol. The normalized spacial score (nSPS) is 15.4. The minimum absolute atomic E-state index is 0.0463. The molecule has 0 bridgehead atoms. The molecule has 1 fully saturated rings. The number of rotatable bonds is 7. The summed E-state index contributed by atoms with van der Waals surface area (Å²) >= 11 is 6.54. The van der Waals surface area contributed by atoms with Crippen LogP contribution in [-0.4, -0.2) is 46.3 Å². The second kappa shape index (κ2) is 7.45. The summed E-state index contributed by atoms with van der Waals surface area (Å²) in [5.41, 5.74) is -1.36. The third-order valence-electron chi connectivity index (χ3n) is 5.00. The Kier molecular flexibility index (Phi) is 5.21. The van der Waals surface area contributed by atoms with Crippen LogP contribution < -0.4 is 11.2 Å². The lowest BCUT2D eigenvalue weighted by atomic mass is 9.96. The lowest BCUT2D eigenvalue weighted by Crippen LogP contribution is -2.43. The molecule has 0 spiro atoms. The topological polar surface area (TPSA) is 122 Å². The summed E-state index contributed by atoms with van der Waals surface area (Å²) in [6.45, 7) is 1.70. The monoisotopic (exact) mass is 465 g/mol. The van der Waals surface area contributed by atoms with E-state index in [1.165, 1.54) is 12.3 Å². The quantitative estimate of drug-likeness (QED) is 0.318. The standard InChI is InChI=1S/C17H15BClN4O5S2/c1-17(4-5-17)23(18-9-24)30(27,28)13-6-11-14(29-13)21-16(26)22(15(11)25)8-10-2-3-12(19)20-7-10/h2-3,6-7,9H,4-5,8H2,1H3,(H,21,26). The van der Waals surface area contributed by atoms with E-state index < -0.39 is 26.8 Å². The van der Waals surface area contributed by atoms with Gasteiger partial charge in [-0.15, -0.1) is 11.3 Å². The van der Waals surface area contributed by atoms with Crippen LogP contribution in [0.25, 0.3) is 10.2 Å². The molecule has 4 rings (SSSR count). The Morgan fingerprint density at radius 3 is 2.73 bits per heavy atom. The predicted molar refractivity (Wildman–Crippen MR) is 114 cm³/mol. The van der Waals surface area contributed by atoms with Crippen LogP contribution in [0.2, 0.25) is 5.15 Å². The van der Waals surface area contributed by atoms with Gasteiger partial charge in [-0.25, -0.2) is 22.4 Å². The molecule has 3 heterocycles. The zero-order chi connectivity index (χ0) is 21.7. The van der Waals surface area contributed by atoms with Crippen molar-refractivity contribution in [3.63, 3.8) is 0 Å². The minimum Gasteiger partial charge on any atom is -0.313 e. The molecule has 30 heavy (non-hydrogen) atoms. The van der Waals surface area contributed by atoms with Gasteiger partial charge in [-0.05, 0) is 37.5 Å². The van der Waals surface area contributed by atoms with Gasteiger partial charge in [0.05, 0.1) is 18.1 Å². The van der Waals surface area contributed by atoms with Gasteiger partial charge >= 0.3 is 13.1 Å². The second-order valence-corrected chi connectivity index (χ2v) is 10.7. The number of halogens is 1. The summed E-state index contributed by atoms with van der Waals surface area (Å²) < 4.78 is 28.1. The van der Waals surface area contributed by atoms with E-state index in [1.807, 2.05) is 0 Å². The number of aromatic nitrogens is 3. The van der Waals surface area contributed by atoms with E-state index in [2.05, 4.69) is 9.97 Å².